The molecule has 2 amide bonds. The number of para-hydroxylation sites is 1. The zero-order valence-corrected chi connectivity index (χ0v) is 15.6. The van der Waals surface area contributed by atoms with E-state index in [0.717, 1.165) is 16.6 Å². The average Bonchev–Trinajstić information content (AvgIpc) is 3.12. The summed E-state index contributed by atoms with van der Waals surface area (Å²) >= 11 is 0. The van der Waals surface area contributed by atoms with Crippen LogP contribution >= 0.6 is 0 Å². The summed E-state index contributed by atoms with van der Waals surface area (Å²) in [6, 6.07) is 15.1. The van der Waals surface area contributed by atoms with Crippen molar-refractivity contribution in [2.24, 2.45) is 11.8 Å². The quantitative estimate of drug-likeness (QED) is 0.729. The Bertz CT molecular complexity index is 1010. The minimum absolute atomic E-state index is 0.163. The molecule has 0 saturated carbocycles. The number of carboxylic acid groups (broad SMARTS) is 1. The van der Waals surface area contributed by atoms with Crippen LogP contribution in [0, 0.1) is 11.8 Å². The highest BCUT2D eigenvalue weighted by molar-refractivity contribution is 5.90. The number of fused-ring (bicyclic) bond motifs is 1. The first-order valence-corrected chi connectivity index (χ1v) is 9.33. The number of carbonyl (C=O) groups is 2. The Kier molecular flexibility index (Phi) is 4.73. The molecule has 7 nitrogen and oxygen atoms in total. The Labute approximate surface area is 162 Å². The Morgan fingerprint density at radius 2 is 1.86 bits per heavy atom. The third-order valence-electron chi connectivity index (χ3n) is 5.14. The molecule has 2 atom stereocenters. The van der Waals surface area contributed by atoms with Crippen molar-refractivity contribution in [1.82, 2.24) is 14.7 Å². The lowest BCUT2D eigenvalue weighted by molar-refractivity contribution is -0.143. The number of urea groups is 1. The number of anilines is 1. The second kappa shape index (κ2) is 7.34. The lowest BCUT2D eigenvalue weighted by Gasteiger charge is -2.34. The SMILES string of the molecule is CC1CC(C(=O)O)CN(C(=O)Nc2ccc(-n3ncc4ccccc43)cc2)C1. The topological polar surface area (TPSA) is 87.5 Å². The molecule has 4 rings (SSSR count). The summed E-state index contributed by atoms with van der Waals surface area (Å²) in [5, 5.41) is 17.6. The molecule has 0 spiro atoms. The molecule has 1 aliphatic heterocycles. The van der Waals surface area contributed by atoms with Crippen LogP contribution in [-0.4, -0.2) is 44.9 Å². The summed E-state index contributed by atoms with van der Waals surface area (Å²) < 4.78 is 1.85. The maximum atomic E-state index is 12.6. The van der Waals surface area contributed by atoms with Crippen LogP contribution in [0.4, 0.5) is 10.5 Å². The van der Waals surface area contributed by atoms with Gasteiger partial charge in [0, 0.05) is 24.2 Å². The number of rotatable bonds is 3. The van der Waals surface area contributed by atoms with E-state index in [1.54, 1.807) is 4.90 Å². The maximum Gasteiger partial charge on any atom is 0.321 e. The number of carboxylic acids is 1. The van der Waals surface area contributed by atoms with E-state index in [2.05, 4.69) is 10.4 Å². The number of piperidine rings is 1. The second-order valence-corrected chi connectivity index (χ2v) is 7.37. The highest BCUT2D eigenvalue weighted by Gasteiger charge is 2.31. The van der Waals surface area contributed by atoms with Crippen molar-refractivity contribution >= 4 is 28.6 Å². The molecule has 1 aliphatic rings. The van der Waals surface area contributed by atoms with Gasteiger partial charge in [-0.25, -0.2) is 9.48 Å². The van der Waals surface area contributed by atoms with Crippen LogP contribution in [0.3, 0.4) is 0 Å². The molecule has 7 heteroatoms. The molecule has 2 N–H and O–H groups in total. The smallest absolute Gasteiger partial charge is 0.321 e. The average molecular weight is 378 g/mol. The van der Waals surface area contributed by atoms with Gasteiger partial charge >= 0.3 is 12.0 Å². The number of aromatic nitrogens is 2. The number of benzene rings is 2. The zero-order valence-electron chi connectivity index (χ0n) is 15.6. The summed E-state index contributed by atoms with van der Waals surface area (Å²) in [7, 11) is 0. The van der Waals surface area contributed by atoms with Crippen LogP contribution in [0.1, 0.15) is 13.3 Å². The van der Waals surface area contributed by atoms with Crippen molar-refractivity contribution in [3.8, 4) is 5.69 Å². The van der Waals surface area contributed by atoms with Crippen molar-refractivity contribution < 1.29 is 14.7 Å². The first-order chi connectivity index (χ1) is 13.5. The number of amides is 2. The largest absolute Gasteiger partial charge is 0.481 e. The predicted octanol–water partition coefficient (Wildman–Crippen LogP) is 3.60. The fourth-order valence-corrected chi connectivity index (χ4v) is 3.76. The normalized spacial score (nSPS) is 19.5. The number of likely N-dealkylation sites (tertiary alicyclic amines) is 1. The summed E-state index contributed by atoms with van der Waals surface area (Å²) in [5.74, 6) is -1.19. The number of aliphatic carboxylic acids is 1. The van der Waals surface area contributed by atoms with Gasteiger partial charge in [0.15, 0.2) is 0 Å². The van der Waals surface area contributed by atoms with E-state index in [1.807, 2.05) is 66.3 Å². The van der Waals surface area contributed by atoms with E-state index < -0.39 is 11.9 Å². The Morgan fingerprint density at radius 3 is 2.61 bits per heavy atom. The van der Waals surface area contributed by atoms with Crippen LogP contribution in [0.15, 0.2) is 54.7 Å². The molecule has 2 aromatic carbocycles. The highest BCUT2D eigenvalue weighted by atomic mass is 16.4. The van der Waals surface area contributed by atoms with Crippen LogP contribution in [-0.2, 0) is 4.79 Å². The minimum Gasteiger partial charge on any atom is -0.481 e. The van der Waals surface area contributed by atoms with E-state index in [0.29, 0.717) is 18.7 Å². The summed E-state index contributed by atoms with van der Waals surface area (Å²) in [4.78, 5) is 25.5. The first-order valence-electron chi connectivity index (χ1n) is 9.33. The lowest BCUT2D eigenvalue weighted by Crippen LogP contribution is -2.47. The van der Waals surface area contributed by atoms with Crippen LogP contribution in [0.2, 0.25) is 0 Å². The molecule has 2 heterocycles. The minimum atomic E-state index is -0.847. The molecule has 28 heavy (non-hydrogen) atoms. The van der Waals surface area contributed by atoms with Gasteiger partial charge < -0.3 is 15.3 Å². The molecule has 144 valence electrons. The fourth-order valence-electron chi connectivity index (χ4n) is 3.76. The van der Waals surface area contributed by atoms with Gasteiger partial charge in [0.1, 0.15) is 0 Å². The Balaban J connectivity index is 1.47. The van der Waals surface area contributed by atoms with E-state index in [4.69, 9.17) is 0 Å². The van der Waals surface area contributed by atoms with Crippen molar-refractivity contribution in [3.05, 3.63) is 54.7 Å². The standard InChI is InChI=1S/C21H22N4O3/c1-14-10-16(20(26)27)13-24(12-14)21(28)23-17-6-8-18(9-7-17)25-19-5-3-2-4-15(19)11-22-25/h2-9,11,14,16H,10,12-13H2,1H3,(H,23,28)(H,26,27). The third-order valence-corrected chi connectivity index (χ3v) is 5.14. The molecule has 1 saturated heterocycles. The second-order valence-electron chi connectivity index (χ2n) is 7.37. The Morgan fingerprint density at radius 1 is 1.11 bits per heavy atom. The molecule has 1 fully saturated rings. The van der Waals surface area contributed by atoms with Crippen molar-refractivity contribution in [2.75, 3.05) is 18.4 Å². The van der Waals surface area contributed by atoms with E-state index in [-0.39, 0.29) is 18.5 Å². The molecular weight excluding hydrogens is 356 g/mol. The molecule has 3 aromatic rings. The number of nitrogens with zero attached hydrogens (tertiary/aromatic N) is 3. The van der Waals surface area contributed by atoms with E-state index >= 15 is 0 Å². The van der Waals surface area contributed by atoms with Gasteiger partial charge in [-0.1, -0.05) is 25.1 Å². The fraction of sp³-hybridized carbons (Fsp3) is 0.286. The summed E-state index contributed by atoms with van der Waals surface area (Å²) in [6.45, 7) is 2.77. The molecule has 0 aliphatic carbocycles. The number of carbonyl (C=O) groups excluding carboxylic acids is 1. The monoisotopic (exact) mass is 378 g/mol. The molecule has 0 bridgehead atoms. The van der Waals surface area contributed by atoms with Gasteiger partial charge in [-0.15, -0.1) is 0 Å². The van der Waals surface area contributed by atoms with Gasteiger partial charge in [0.05, 0.1) is 23.3 Å². The van der Waals surface area contributed by atoms with Crippen molar-refractivity contribution in [2.45, 2.75) is 13.3 Å². The molecule has 2 unspecified atom stereocenters. The van der Waals surface area contributed by atoms with Crippen molar-refractivity contribution in [3.63, 3.8) is 0 Å². The zero-order chi connectivity index (χ0) is 19.7. The van der Waals surface area contributed by atoms with Gasteiger partial charge in [-0.2, -0.15) is 5.10 Å². The number of nitrogens with one attached hydrogen (secondary N) is 1. The maximum absolute atomic E-state index is 12.6. The summed E-state index contributed by atoms with van der Waals surface area (Å²) in [6.07, 6.45) is 2.42. The van der Waals surface area contributed by atoms with Crippen LogP contribution < -0.4 is 5.32 Å². The lowest BCUT2D eigenvalue weighted by atomic mass is 9.91. The molecule has 0 radical (unpaired) electrons. The van der Waals surface area contributed by atoms with Gasteiger partial charge in [0.25, 0.3) is 0 Å². The van der Waals surface area contributed by atoms with Gasteiger partial charge in [0.2, 0.25) is 0 Å². The molecule has 1 aromatic heterocycles. The van der Waals surface area contributed by atoms with Crippen LogP contribution in [0.5, 0.6) is 0 Å². The van der Waals surface area contributed by atoms with Crippen LogP contribution in [0.25, 0.3) is 16.6 Å². The highest BCUT2D eigenvalue weighted by Crippen LogP contribution is 2.23. The number of hydrogen-bond acceptors (Lipinski definition) is 3. The van der Waals surface area contributed by atoms with E-state index in [9.17, 15) is 14.7 Å². The number of hydrogen-bond donors (Lipinski definition) is 2. The first kappa shape index (κ1) is 18.0. The Hall–Kier alpha value is -3.35. The van der Waals surface area contributed by atoms with Gasteiger partial charge in [-0.3, -0.25) is 4.79 Å². The third kappa shape index (κ3) is 3.55. The predicted molar refractivity (Wildman–Crippen MR) is 107 cm³/mol. The van der Waals surface area contributed by atoms with Gasteiger partial charge in [-0.05, 0) is 42.7 Å². The molecular formula is C21H22N4O3. The van der Waals surface area contributed by atoms with Crippen molar-refractivity contribution in [1.29, 1.82) is 0 Å². The summed E-state index contributed by atoms with van der Waals surface area (Å²) in [5.41, 5.74) is 2.58. The van der Waals surface area contributed by atoms with E-state index in [1.165, 1.54) is 0 Å².